The van der Waals surface area contributed by atoms with E-state index in [1.165, 1.54) is 54.2 Å². The molecule has 1 saturated carbocycles. The Morgan fingerprint density at radius 3 is 2.94 bits per heavy atom. The van der Waals surface area contributed by atoms with E-state index in [1.54, 1.807) is 0 Å². The molecular formula is C15H20BrNS. The van der Waals surface area contributed by atoms with Crippen molar-refractivity contribution < 1.29 is 0 Å². The van der Waals surface area contributed by atoms with Gasteiger partial charge in [0.05, 0.1) is 0 Å². The van der Waals surface area contributed by atoms with E-state index in [-0.39, 0.29) is 0 Å². The van der Waals surface area contributed by atoms with Crippen molar-refractivity contribution >= 4 is 27.7 Å². The summed E-state index contributed by atoms with van der Waals surface area (Å²) < 4.78 is 1.80. The van der Waals surface area contributed by atoms with Gasteiger partial charge in [-0.3, -0.25) is 0 Å². The minimum Gasteiger partial charge on any atom is -0.312 e. The zero-order valence-corrected chi connectivity index (χ0v) is 13.2. The highest BCUT2D eigenvalue weighted by Crippen LogP contribution is 2.46. The van der Waals surface area contributed by atoms with E-state index >= 15 is 0 Å². The van der Waals surface area contributed by atoms with Crippen LogP contribution in [0.25, 0.3) is 0 Å². The van der Waals surface area contributed by atoms with E-state index in [1.807, 2.05) is 11.8 Å². The molecule has 1 unspecified atom stereocenters. The molecule has 0 amide bonds. The highest BCUT2D eigenvalue weighted by molar-refractivity contribution is 9.10. The minimum atomic E-state index is 0.583. The molecule has 2 aliphatic carbocycles. The average Bonchev–Trinajstić information content (AvgIpc) is 3.17. The number of hydrogen-bond donors (Lipinski definition) is 1. The van der Waals surface area contributed by atoms with Gasteiger partial charge in [-0.05, 0) is 61.6 Å². The smallest absolute Gasteiger partial charge is 0.0282 e. The van der Waals surface area contributed by atoms with Crippen LogP contribution in [0.2, 0.25) is 0 Å². The summed E-state index contributed by atoms with van der Waals surface area (Å²) >= 11 is 5.61. The van der Waals surface area contributed by atoms with Crippen molar-refractivity contribution in [3.63, 3.8) is 0 Å². The Labute approximate surface area is 122 Å². The predicted molar refractivity (Wildman–Crippen MR) is 83.4 cm³/mol. The van der Waals surface area contributed by atoms with Crippen molar-refractivity contribution in [1.29, 1.82) is 0 Å². The molecule has 0 bridgehead atoms. The monoisotopic (exact) mass is 325 g/mol. The molecule has 1 atom stereocenters. The van der Waals surface area contributed by atoms with Crippen LogP contribution in [-0.4, -0.2) is 23.6 Å². The van der Waals surface area contributed by atoms with Crippen LogP contribution in [0.1, 0.15) is 30.4 Å². The maximum atomic E-state index is 3.80. The maximum absolute atomic E-state index is 3.80. The van der Waals surface area contributed by atoms with E-state index in [0.717, 1.165) is 0 Å². The van der Waals surface area contributed by atoms with Gasteiger partial charge in [0.2, 0.25) is 0 Å². The number of thioether (sulfide) groups is 1. The fourth-order valence-electron chi connectivity index (χ4n) is 2.82. The fraction of sp³-hybridized carbons (Fsp3) is 0.600. The average molecular weight is 326 g/mol. The summed E-state index contributed by atoms with van der Waals surface area (Å²) in [6.07, 6.45) is 8.76. The first-order valence-corrected chi connectivity index (χ1v) is 8.78. The number of aryl methyl sites for hydroxylation is 1. The number of hydrogen-bond acceptors (Lipinski definition) is 2. The molecule has 0 saturated heterocycles. The molecular weight excluding hydrogens is 306 g/mol. The lowest BCUT2D eigenvalue weighted by atomic mass is 9.88. The van der Waals surface area contributed by atoms with Gasteiger partial charge in [-0.1, -0.05) is 22.0 Å². The Morgan fingerprint density at radius 2 is 2.22 bits per heavy atom. The summed E-state index contributed by atoms with van der Waals surface area (Å²) in [5.74, 6) is 0. The van der Waals surface area contributed by atoms with Crippen molar-refractivity contribution in [1.82, 2.24) is 5.32 Å². The summed E-state index contributed by atoms with van der Waals surface area (Å²) in [5, 5.41) is 3.80. The molecule has 1 fully saturated rings. The topological polar surface area (TPSA) is 12.0 Å². The lowest BCUT2D eigenvalue weighted by molar-refractivity contribution is 0.455. The zero-order chi connectivity index (χ0) is 12.6. The van der Waals surface area contributed by atoms with Gasteiger partial charge in [-0.15, -0.1) is 0 Å². The second kappa shape index (κ2) is 5.18. The SMILES string of the molecule is CSC1(CNC2CCc3cc(Br)ccc3C2)CC1. The lowest BCUT2D eigenvalue weighted by Crippen LogP contribution is -2.39. The van der Waals surface area contributed by atoms with E-state index in [9.17, 15) is 0 Å². The third kappa shape index (κ3) is 2.78. The Kier molecular flexibility index (Phi) is 3.75. The van der Waals surface area contributed by atoms with E-state index in [2.05, 4.69) is 45.7 Å². The molecule has 3 rings (SSSR count). The van der Waals surface area contributed by atoms with Crippen LogP contribution in [0.15, 0.2) is 22.7 Å². The van der Waals surface area contributed by atoms with Gasteiger partial charge in [0, 0.05) is 21.8 Å². The standard InChI is InChI=1S/C15H20BrNS/c1-18-15(6-7-15)10-17-14-5-3-11-8-13(16)4-2-12(11)9-14/h2,4,8,14,17H,3,5-7,9-10H2,1H3. The predicted octanol–water partition coefficient (Wildman–Crippen LogP) is 3.79. The number of rotatable bonds is 4. The van der Waals surface area contributed by atoms with Crippen LogP contribution in [0, 0.1) is 0 Å². The van der Waals surface area contributed by atoms with Crippen LogP contribution < -0.4 is 5.32 Å². The minimum absolute atomic E-state index is 0.583. The Bertz CT molecular complexity index is 442. The molecule has 18 heavy (non-hydrogen) atoms. The molecule has 3 heteroatoms. The highest BCUT2D eigenvalue weighted by atomic mass is 79.9. The summed E-state index contributed by atoms with van der Waals surface area (Å²) in [7, 11) is 0. The molecule has 0 heterocycles. The van der Waals surface area contributed by atoms with Crippen LogP contribution in [0.5, 0.6) is 0 Å². The van der Waals surface area contributed by atoms with Crippen LogP contribution >= 0.6 is 27.7 Å². The second-order valence-corrected chi connectivity index (χ2v) is 7.81. The summed E-state index contributed by atoms with van der Waals surface area (Å²) in [5.41, 5.74) is 3.07. The number of benzene rings is 1. The molecule has 2 aliphatic rings. The molecule has 1 aromatic rings. The number of halogens is 1. The molecule has 0 radical (unpaired) electrons. The van der Waals surface area contributed by atoms with Crippen molar-refractivity contribution in [2.45, 2.75) is 42.9 Å². The lowest BCUT2D eigenvalue weighted by Gasteiger charge is -2.27. The highest BCUT2D eigenvalue weighted by Gasteiger charge is 2.41. The Balaban J connectivity index is 1.59. The Hall–Kier alpha value is 0.01000. The molecule has 98 valence electrons. The van der Waals surface area contributed by atoms with E-state index in [4.69, 9.17) is 0 Å². The van der Waals surface area contributed by atoms with E-state index < -0.39 is 0 Å². The second-order valence-electron chi connectivity index (χ2n) is 5.62. The van der Waals surface area contributed by atoms with Gasteiger partial charge in [-0.25, -0.2) is 0 Å². The quantitative estimate of drug-likeness (QED) is 0.903. The van der Waals surface area contributed by atoms with Crippen molar-refractivity contribution in [2.24, 2.45) is 0 Å². The van der Waals surface area contributed by atoms with Gasteiger partial charge < -0.3 is 5.32 Å². The van der Waals surface area contributed by atoms with Crippen molar-refractivity contribution in [2.75, 3.05) is 12.8 Å². The molecule has 1 aromatic carbocycles. The third-order valence-electron chi connectivity index (χ3n) is 4.35. The maximum Gasteiger partial charge on any atom is 0.0282 e. The van der Waals surface area contributed by atoms with Gasteiger partial charge in [0.15, 0.2) is 0 Å². The fourth-order valence-corrected chi connectivity index (χ4v) is 3.97. The van der Waals surface area contributed by atoms with Crippen LogP contribution in [0.4, 0.5) is 0 Å². The van der Waals surface area contributed by atoms with Gasteiger partial charge in [0.25, 0.3) is 0 Å². The molecule has 0 spiro atoms. The summed E-state index contributed by atoms with van der Waals surface area (Å²) in [4.78, 5) is 0. The largest absolute Gasteiger partial charge is 0.312 e. The molecule has 0 aliphatic heterocycles. The van der Waals surface area contributed by atoms with Crippen LogP contribution in [0.3, 0.4) is 0 Å². The molecule has 1 nitrogen and oxygen atoms in total. The van der Waals surface area contributed by atoms with Gasteiger partial charge >= 0.3 is 0 Å². The van der Waals surface area contributed by atoms with Gasteiger partial charge in [-0.2, -0.15) is 11.8 Å². The number of fused-ring (bicyclic) bond motifs is 1. The summed E-state index contributed by atoms with van der Waals surface area (Å²) in [6.45, 7) is 1.20. The first kappa shape index (κ1) is 13.0. The van der Waals surface area contributed by atoms with Crippen molar-refractivity contribution in [3.8, 4) is 0 Å². The Morgan fingerprint density at radius 1 is 1.39 bits per heavy atom. The van der Waals surface area contributed by atoms with Crippen molar-refractivity contribution in [3.05, 3.63) is 33.8 Å². The zero-order valence-electron chi connectivity index (χ0n) is 10.8. The normalized spacial score (nSPS) is 24.7. The number of nitrogens with one attached hydrogen (secondary N) is 1. The molecule has 1 N–H and O–H groups in total. The van der Waals surface area contributed by atoms with E-state index in [0.29, 0.717) is 10.8 Å². The third-order valence-corrected chi connectivity index (χ3v) is 6.26. The molecule has 0 aromatic heterocycles. The first-order valence-electron chi connectivity index (χ1n) is 6.77. The first-order chi connectivity index (χ1) is 8.71. The van der Waals surface area contributed by atoms with Crippen LogP contribution in [-0.2, 0) is 12.8 Å². The summed E-state index contributed by atoms with van der Waals surface area (Å²) in [6, 6.07) is 7.43. The van der Waals surface area contributed by atoms with Gasteiger partial charge in [0.1, 0.15) is 0 Å².